The third kappa shape index (κ3) is 3.34. The smallest absolute Gasteiger partial charge is 0.264 e. The number of benzene rings is 1. The van der Waals surface area contributed by atoms with Crippen LogP contribution in [0.5, 0.6) is 0 Å². The van der Waals surface area contributed by atoms with E-state index in [2.05, 4.69) is 26.5 Å². The molecule has 98 valence electrons. The molecule has 7 heteroatoms. The predicted octanol–water partition coefficient (Wildman–Crippen LogP) is 0.554. The maximum atomic E-state index is 12.0. The van der Waals surface area contributed by atoms with Gasteiger partial charge in [-0.3, -0.25) is 0 Å². The highest BCUT2D eigenvalue weighted by atomic mass is 32.2. The third-order valence-corrected chi connectivity index (χ3v) is 3.56. The quantitative estimate of drug-likeness (QED) is 0.714. The molecule has 6 nitrogen and oxygen atoms in total. The van der Waals surface area contributed by atoms with Crippen molar-refractivity contribution in [2.45, 2.75) is 4.90 Å². The number of hydrogen-bond donors (Lipinski definition) is 3. The summed E-state index contributed by atoms with van der Waals surface area (Å²) in [6.45, 7) is -0.236. The van der Waals surface area contributed by atoms with Gasteiger partial charge in [0.25, 0.3) is 10.0 Å². The minimum absolute atomic E-state index is 0.110. The van der Waals surface area contributed by atoms with Crippen LogP contribution < -0.4 is 4.72 Å². The van der Waals surface area contributed by atoms with E-state index in [1.165, 1.54) is 24.5 Å². The third-order valence-electron chi connectivity index (χ3n) is 2.21. The van der Waals surface area contributed by atoms with Crippen molar-refractivity contribution in [3.8, 4) is 11.8 Å². The van der Waals surface area contributed by atoms with Crippen molar-refractivity contribution >= 4 is 16.0 Å². The molecule has 0 radical (unpaired) electrons. The molecule has 3 N–H and O–H groups in total. The lowest BCUT2D eigenvalue weighted by Gasteiger charge is -2.05. The van der Waals surface area contributed by atoms with Gasteiger partial charge in [0.1, 0.15) is 6.61 Å². The Balaban J connectivity index is 2.21. The van der Waals surface area contributed by atoms with E-state index >= 15 is 0 Å². The van der Waals surface area contributed by atoms with Crippen molar-refractivity contribution in [3.63, 3.8) is 0 Å². The minimum Gasteiger partial charge on any atom is -0.384 e. The van der Waals surface area contributed by atoms with E-state index < -0.39 is 10.0 Å². The van der Waals surface area contributed by atoms with Gasteiger partial charge in [0.15, 0.2) is 0 Å². The zero-order valence-corrected chi connectivity index (χ0v) is 10.6. The zero-order chi connectivity index (χ0) is 13.7. The molecular weight excluding hydrogens is 266 g/mol. The van der Waals surface area contributed by atoms with E-state index in [-0.39, 0.29) is 17.5 Å². The lowest BCUT2D eigenvalue weighted by Crippen LogP contribution is -2.13. The van der Waals surface area contributed by atoms with Gasteiger partial charge in [-0.1, -0.05) is 11.8 Å². The average Bonchev–Trinajstić information content (AvgIpc) is 2.89. The topological polar surface area (TPSA) is 95.1 Å². The maximum absolute atomic E-state index is 12.0. The maximum Gasteiger partial charge on any atom is 0.264 e. The number of nitrogens with one attached hydrogen (secondary N) is 2. The number of imidazole rings is 1. The highest BCUT2D eigenvalue weighted by Crippen LogP contribution is 2.13. The molecule has 0 saturated carbocycles. The molecule has 19 heavy (non-hydrogen) atoms. The van der Waals surface area contributed by atoms with Crippen LogP contribution >= 0.6 is 0 Å². The Labute approximate surface area is 110 Å². The lowest BCUT2D eigenvalue weighted by molar-refractivity contribution is 0.350. The highest BCUT2D eigenvalue weighted by Gasteiger charge is 2.14. The van der Waals surface area contributed by atoms with Crippen molar-refractivity contribution in [3.05, 3.63) is 42.2 Å². The number of nitrogens with zero attached hydrogens (tertiary/aromatic N) is 1. The molecule has 0 fully saturated rings. The summed E-state index contributed by atoms with van der Waals surface area (Å²) in [4.78, 5) is 6.55. The van der Waals surface area contributed by atoms with Crippen molar-refractivity contribution in [2.24, 2.45) is 0 Å². The van der Waals surface area contributed by atoms with E-state index in [0.717, 1.165) is 0 Å². The van der Waals surface area contributed by atoms with Gasteiger partial charge in [-0.2, -0.15) is 0 Å². The predicted molar refractivity (Wildman–Crippen MR) is 69.8 cm³/mol. The molecule has 1 aromatic carbocycles. The SMILES string of the molecule is O=S(=O)(Nc1ncc[nH]1)c1ccc(C#CCO)cc1. The fourth-order valence-electron chi connectivity index (χ4n) is 1.37. The Morgan fingerprint density at radius 2 is 2.05 bits per heavy atom. The van der Waals surface area contributed by atoms with E-state index in [1.54, 1.807) is 12.1 Å². The standard InChI is InChI=1S/C12H11N3O3S/c16-9-1-2-10-3-5-11(6-4-10)19(17,18)15-12-13-7-8-14-12/h3-8,16H,9H2,(H2,13,14,15). The van der Waals surface area contributed by atoms with Gasteiger partial charge in [0.05, 0.1) is 4.90 Å². The molecule has 2 aromatic rings. The number of rotatable bonds is 3. The first-order valence-electron chi connectivity index (χ1n) is 5.34. The van der Waals surface area contributed by atoms with Crippen LogP contribution in [0, 0.1) is 11.8 Å². The van der Waals surface area contributed by atoms with E-state index in [4.69, 9.17) is 5.11 Å². The number of aliphatic hydroxyl groups is 1. The summed E-state index contributed by atoms with van der Waals surface area (Å²) in [6.07, 6.45) is 2.97. The monoisotopic (exact) mass is 277 g/mol. The van der Waals surface area contributed by atoms with Crippen LogP contribution in [0.4, 0.5) is 5.95 Å². The molecule has 0 unspecified atom stereocenters. The summed E-state index contributed by atoms with van der Waals surface area (Å²) < 4.78 is 26.3. The van der Waals surface area contributed by atoms with Gasteiger partial charge < -0.3 is 10.1 Å². The largest absolute Gasteiger partial charge is 0.384 e. The lowest BCUT2D eigenvalue weighted by atomic mass is 10.2. The van der Waals surface area contributed by atoms with E-state index in [1.807, 2.05) is 0 Å². The van der Waals surface area contributed by atoms with Crippen LogP contribution in [0.2, 0.25) is 0 Å². The molecule has 0 bridgehead atoms. The van der Waals surface area contributed by atoms with Crippen molar-refractivity contribution < 1.29 is 13.5 Å². The second-order valence-corrected chi connectivity index (χ2v) is 5.21. The molecule has 0 aliphatic carbocycles. The number of aromatic nitrogens is 2. The first kappa shape index (κ1) is 13.1. The molecule has 0 atom stereocenters. The normalized spacial score (nSPS) is 10.6. The van der Waals surface area contributed by atoms with E-state index in [0.29, 0.717) is 5.56 Å². The second-order valence-electron chi connectivity index (χ2n) is 3.53. The Morgan fingerprint density at radius 3 is 2.63 bits per heavy atom. The van der Waals surface area contributed by atoms with Crippen LogP contribution in [0.15, 0.2) is 41.6 Å². The number of H-pyrrole nitrogens is 1. The van der Waals surface area contributed by atoms with Crippen LogP contribution in [-0.4, -0.2) is 30.1 Å². The van der Waals surface area contributed by atoms with Crippen LogP contribution in [-0.2, 0) is 10.0 Å². The number of aliphatic hydroxyl groups excluding tert-OH is 1. The second kappa shape index (κ2) is 5.56. The molecule has 0 amide bonds. The first-order chi connectivity index (χ1) is 9.12. The summed E-state index contributed by atoms with van der Waals surface area (Å²) >= 11 is 0. The van der Waals surface area contributed by atoms with Crippen molar-refractivity contribution in [2.75, 3.05) is 11.3 Å². The summed E-state index contributed by atoms with van der Waals surface area (Å²) in [5.74, 6) is 5.33. The van der Waals surface area contributed by atoms with Gasteiger partial charge >= 0.3 is 0 Å². The van der Waals surface area contributed by atoms with Gasteiger partial charge in [-0.15, -0.1) is 0 Å². The fraction of sp³-hybridized carbons (Fsp3) is 0.0833. The summed E-state index contributed by atoms with van der Waals surface area (Å²) in [6, 6.07) is 6.01. The molecule has 0 aliphatic heterocycles. The Hall–Kier alpha value is -2.30. The molecule has 2 rings (SSSR count). The molecule has 0 saturated heterocycles. The van der Waals surface area contributed by atoms with Gasteiger partial charge in [0.2, 0.25) is 5.95 Å². The molecule has 0 aliphatic rings. The van der Waals surface area contributed by atoms with Crippen LogP contribution in [0.3, 0.4) is 0 Å². The number of sulfonamides is 1. The Kier molecular flexibility index (Phi) is 3.85. The summed E-state index contributed by atoms with van der Waals surface area (Å²) in [7, 11) is -3.66. The fourth-order valence-corrected chi connectivity index (χ4v) is 2.34. The molecule has 1 heterocycles. The number of hydrogen-bond acceptors (Lipinski definition) is 4. The summed E-state index contributed by atoms with van der Waals surface area (Å²) in [5.41, 5.74) is 0.631. The van der Waals surface area contributed by atoms with Crippen molar-refractivity contribution in [1.29, 1.82) is 0 Å². The van der Waals surface area contributed by atoms with Gasteiger partial charge in [0, 0.05) is 18.0 Å². The van der Waals surface area contributed by atoms with Crippen LogP contribution in [0.1, 0.15) is 5.56 Å². The molecule has 1 aromatic heterocycles. The Morgan fingerprint density at radius 1 is 1.32 bits per heavy atom. The highest BCUT2D eigenvalue weighted by molar-refractivity contribution is 7.92. The van der Waals surface area contributed by atoms with Crippen molar-refractivity contribution in [1.82, 2.24) is 9.97 Å². The van der Waals surface area contributed by atoms with E-state index in [9.17, 15) is 8.42 Å². The summed E-state index contributed by atoms with van der Waals surface area (Å²) in [5, 5.41) is 8.57. The zero-order valence-electron chi connectivity index (χ0n) is 9.79. The number of aromatic amines is 1. The molecular formula is C12H11N3O3S. The van der Waals surface area contributed by atoms with Gasteiger partial charge in [-0.25, -0.2) is 18.1 Å². The first-order valence-corrected chi connectivity index (χ1v) is 6.82. The minimum atomic E-state index is -3.66. The molecule has 0 spiro atoms. The number of anilines is 1. The van der Waals surface area contributed by atoms with Gasteiger partial charge in [-0.05, 0) is 24.3 Å². The average molecular weight is 277 g/mol. The van der Waals surface area contributed by atoms with Crippen LogP contribution in [0.25, 0.3) is 0 Å². The Bertz CT molecular complexity index is 695.